The largest absolute Gasteiger partial charge is 0.0625 e. The lowest BCUT2D eigenvalue weighted by molar-refractivity contribution is -0.0966. The summed E-state index contributed by atoms with van der Waals surface area (Å²) in [5, 5.41) is 0. The zero-order valence-electron chi connectivity index (χ0n) is 22.2. The van der Waals surface area contributed by atoms with Gasteiger partial charge in [-0.05, 0) is 90.3 Å². The second-order valence-corrected chi connectivity index (χ2v) is 14.1. The smallest absolute Gasteiger partial charge is 0.0262 e. The molecule has 30 heavy (non-hydrogen) atoms. The predicted octanol–water partition coefficient (Wildman–Crippen LogP) is 9.91. The van der Waals surface area contributed by atoms with Crippen LogP contribution in [0.15, 0.2) is 0 Å². The summed E-state index contributed by atoms with van der Waals surface area (Å²) in [6, 6.07) is 0. The predicted molar refractivity (Wildman–Crippen MR) is 134 cm³/mol. The Kier molecular flexibility index (Phi) is 7.78. The lowest BCUT2D eigenvalue weighted by Gasteiger charge is -2.59. The summed E-state index contributed by atoms with van der Waals surface area (Å²) in [6.07, 6.45) is 19.2. The maximum atomic E-state index is 2.70. The summed E-state index contributed by atoms with van der Waals surface area (Å²) in [4.78, 5) is 0. The normalized spacial score (nSPS) is 41.8. The third kappa shape index (κ3) is 5.14. The lowest BCUT2D eigenvalue weighted by Crippen LogP contribution is -2.51. The first-order valence-corrected chi connectivity index (χ1v) is 14.0. The van der Waals surface area contributed by atoms with Gasteiger partial charge >= 0.3 is 0 Å². The molecule has 176 valence electrons. The molecule has 0 nitrogen and oxygen atoms in total. The van der Waals surface area contributed by atoms with Crippen LogP contribution in [0.5, 0.6) is 0 Å². The van der Waals surface area contributed by atoms with E-state index in [1.54, 1.807) is 0 Å². The Bertz CT molecular complexity index is 542. The molecule has 0 aliphatic heterocycles. The maximum Gasteiger partial charge on any atom is -0.0262 e. The molecule has 7 atom stereocenters. The molecule has 0 aromatic carbocycles. The SMILES string of the molecule is C[C@H](CCC[C@H]1[C@@H](C)CC[C@H]2C(C)(C)CCC[C@]12C)CC[C@@H]1[C@H](C)CCCC1(C)C. The summed E-state index contributed by atoms with van der Waals surface area (Å²) in [7, 11) is 0. The van der Waals surface area contributed by atoms with Gasteiger partial charge in [-0.3, -0.25) is 0 Å². The first kappa shape index (κ1) is 24.6. The van der Waals surface area contributed by atoms with Crippen molar-refractivity contribution in [3.05, 3.63) is 0 Å². The molecule has 3 aliphatic rings. The molecule has 0 heteroatoms. The summed E-state index contributed by atoms with van der Waals surface area (Å²) < 4.78 is 0. The van der Waals surface area contributed by atoms with Crippen molar-refractivity contribution >= 4 is 0 Å². The van der Waals surface area contributed by atoms with E-state index in [1.165, 1.54) is 83.5 Å². The average Bonchev–Trinajstić information content (AvgIpc) is 2.62. The second-order valence-electron chi connectivity index (χ2n) is 14.1. The van der Waals surface area contributed by atoms with Gasteiger partial charge in [-0.2, -0.15) is 0 Å². The fourth-order valence-corrected chi connectivity index (χ4v) is 9.23. The van der Waals surface area contributed by atoms with E-state index in [1.807, 2.05) is 0 Å². The van der Waals surface area contributed by atoms with Crippen LogP contribution in [0, 0.1) is 51.8 Å². The molecule has 0 bridgehead atoms. The molecular formula is C30H56. The average molecular weight is 417 g/mol. The fraction of sp³-hybridized carbons (Fsp3) is 1.00. The van der Waals surface area contributed by atoms with E-state index in [0.29, 0.717) is 16.2 Å². The van der Waals surface area contributed by atoms with Gasteiger partial charge in [0.05, 0.1) is 0 Å². The Labute approximate surface area is 190 Å². The van der Waals surface area contributed by atoms with E-state index in [9.17, 15) is 0 Å². The minimum atomic E-state index is 0.572. The van der Waals surface area contributed by atoms with Gasteiger partial charge in [0.2, 0.25) is 0 Å². The Hall–Kier alpha value is 0. The Morgan fingerprint density at radius 2 is 1.37 bits per heavy atom. The van der Waals surface area contributed by atoms with Gasteiger partial charge in [-0.15, -0.1) is 0 Å². The number of hydrogen-bond donors (Lipinski definition) is 0. The zero-order valence-corrected chi connectivity index (χ0v) is 22.2. The van der Waals surface area contributed by atoms with E-state index in [4.69, 9.17) is 0 Å². The van der Waals surface area contributed by atoms with Crippen LogP contribution in [0.3, 0.4) is 0 Å². The van der Waals surface area contributed by atoms with E-state index in [0.717, 1.165) is 35.5 Å². The van der Waals surface area contributed by atoms with Crippen LogP contribution in [0.4, 0.5) is 0 Å². The van der Waals surface area contributed by atoms with Gasteiger partial charge < -0.3 is 0 Å². The summed E-state index contributed by atoms with van der Waals surface area (Å²) >= 11 is 0. The Morgan fingerprint density at radius 1 is 0.700 bits per heavy atom. The standard InChI is InChI=1S/C30H56/c1-22(15-17-25-23(2)13-10-19-28(25,4)5)12-9-14-26-24(3)16-18-27-29(6,7)20-11-21-30(26,27)8/h22-27H,9-21H2,1-8H3/t22-,23-,24+,25-,26+,27+,30-/m1/s1. The quantitative estimate of drug-likeness (QED) is 0.387. The van der Waals surface area contributed by atoms with Crippen molar-refractivity contribution in [3.63, 3.8) is 0 Å². The van der Waals surface area contributed by atoms with Crippen LogP contribution in [0.25, 0.3) is 0 Å². The van der Waals surface area contributed by atoms with E-state index >= 15 is 0 Å². The van der Waals surface area contributed by atoms with Crippen LogP contribution in [0.2, 0.25) is 0 Å². The third-order valence-corrected chi connectivity index (χ3v) is 11.1. The molecule has 0 aromatic rings. The van der Waals surface area contributed by atoms with Crippen LogP contribution in [-0.4, -0.2) is 0 Å². The van der Waals surface area contributed by atoms with Gasteiger partial charge in [-0.25, -0.2) is 0 Å². The lowest BCUT2D eigenvalue weighted by atomic mass is 9.46. The monoisotopic (exact) mass is 416 g/mol. The van der Waals surface area contributed by atoms with Crippen molar-refractivity contribution in [3.8, 4) is 0 Å². The first-order chi connectivity index (χ1) is 14.0. The molecule has 0 aromatic heterocycles. The highest BCUT2D eigenvalue weighted by atomic mass is 14.6. The van der Waals surface area contributed by atoms with Crippen LogP contribution in [0.1, 0.15) is 139 Å². The Morgan fingerprint density at radius 3 is 2.07 bits per heavy atom. The summed E-state index contributed by atoms with van der Waals surface area (Å²) in [5.74, 6) is 5.69. The molecule has 3 aliphatic carbocycles. The summed E-state index contributed by atoms with van der Waals surface area (Å²) in [6.45, 7) is 20.6. The van der Waals surface area contributed by atoms with Crippen molar-refractivity contribution < 1.29 is 0 Å². The fourth-order valence-electron chi connectivity index (χ4n) is 9.23. The zero-order chi connectivity index (χ0) is 22.2. The van der Waals surface area contributed by atoms with Crippen molar-refractivity contribution in [2.24, 2.45) is 51.8 Å². The number of hydrogen-bond acceptors (Lipinski definition) is 0. The van der Waals surface area contributed by atoms with E-state index in [2.05, 4.69) is 55.4 Å². The van der Waals surface area contributed by atoms with Gasteiger partial charge in [0.25, 0.3) is 0 Å². The van der Waals surface area contributed by atoms with Crippen LogP contribution < -0.4 is 0 Å². The minimum absolute atomic E-state index is 0.572. The molecule has 0 saturated heterocycles. The molecule has 0 amide bonds. The second kappa shape index (κ2) is 9.47. The molecule has 3 rings (SSSR count). The van der Waals surface area contributed by atoms with Crippen molar-refractivity contribution in [1.82, 2.24) is 0 Å². The molecule has 3 saturated carbocycles. The van der Waals surface area contributed by atoms with Crippen molar-refractivity contribution in [2.75, 3.05) is 0 Å². The van der Waals surface area contributed by atoms with Crippen molar-refractivity contribution in [2.45, 2.75) is 139 Å². The highest BCUT2D eigenvalue weighted by molar-refractivity contribution is 5.02. The molecule has 0 radical (unpaired) electrons. The Balaban J connectivity index is 1.50. The highest BCUT2D eigenvalue weighted by Crippen LogP contribution is 2.62. The minimum Gasteiger partial charge on any atom is -0.0625 e. The molecule has 0 unspecified atom stereocenters. The van der Waals surface area contributed by atoms with Gasteiger partial charge in [-0.1, -0.05) is 100 Å². The topological polar surface area (TPSA) is 0 Å². The third-order valence-electron chi connectivity index (χ3n) is 11.1. The molecule has 3 fully saturated rings. The summed E-state index contributed by atoms with van der Waals surface area (Å²) in [5.41, 5.74) is 1.76. The highest BCUT2D eigenvalue weighted by Gasteiger charge is 2.53. The maximum absolute atomic E-state index is 2.70. The van der Waals surface area contributed by atoms with Gasteiger partial charge in [0.1, 0.15) is 0 Å². The van der Waals surface area contributed by atoms with E-state index < -0.39 is 0 Å². The molecule has 0 N–H and O–H groups in total. The van der Waals surface area contributed by atoms with Crippen LogP contribution >= 0.6 is 0 Å². The molecule has 0 heterocycles. The van der Waals surface area contributed by atoms with Gasteiger partial charge in [0.15, 0.2) is 0 Å². The van der Waals surface area contributed by atoms with Crippen LogP contribution in [-0.2, 0) is 0 Å². The number of fused-ring (bicyclic) bond motifs is 1. The van der Waals surface area contributed by atoms with Gasteiger partial charge in [0, 0.05) is 0 Å². The molecule has 0 spiro atoms. The van der Waals surface area contributed by atoms with E-state index in [-0.39, 0.29) is 0 Å². The molecular weight excluding hydrogens is 360 g/mol. The number of rotatable bonds is 7. The van der Waals surface area contributed by atoms with Crippen molar-refractivity contribution in [1.29, 1.82) is 0 Å². The first-order valence-electron chi connectivity index (χ1n) is 14.0.